The second kappa shape index (κ2) is 8.79. The molecule has 0 bridgehead atoms. The van der Waals surface area contributed by atoms with Gasteiger partial charge in [-0.25, -0.2) is 4.79 Å². The first-order valence-corrected chi connectivity index (χ1v) is 5.07. The van der Waals surface area contributed by atoms with Crippen LogP contribution in [0.4, 0.5) is 0 Å². The highest BCUT2D eigenvalue weighted by Gasteiger charge is 2.16. The summed E-state index contributed by atoms with van der Waals surface area (Å²) < 4.78 is 4.43. The second-order valence-corrected chi connectivity index (χ2v) is 3.20. The van der Waals surface area contributed by atoms with Crippen LogP contribution in [0.1, 0.15) is 25.7 Å². The third kappa shape index (κ3) is 6.08. The molecule has 0 aliphatic rings. The van der Waals surface area contributed by atoms with Gasteiger partial charge in [-0.2, -0.15) is 0 Å². The molecule has 0 aliphatic carbocycles. The predicted octanol–water partition coefficient (Wildman–Crippen LogP) is 0.406. The molecule has 90 valence electrons. The van der Waals surface area contributed by atoms with Gasteiger partial charge in [0.05, 0.1) is 5.57 Å². The van der Waals surface area contributed by atoms with Crippen LogP contribution in [-0.2, 0) is 19.1 Å². The number of hydrogen-bond acceptors (Lipinski definition) is 5. The monoisotopic (exact) mass is 228 g/mol. The van der Waals surface area contributed by atoms with Crippen molar-refractivity contribution in [2.75, 3.05) is 13.2 Å². The van der Waals surface area contributed by atoms with Gasteiger partial charge in [-0.15, -0.1) is 0 Å². The first kappa shape index (κ1) is 14.5. The average molecular weight is 228 g/mol. The van der Waals surface area contributed by atoms with Crippen molar-refractivity contribution in [2.24, 2.45) is 0 Å². The maximum atomic E-state index is 11.4. The zero-order valence-corrected chi connectivity index (χ0v) is 9.11. The van der Waals surface area contributed by atoms with Crippen LogP contribution in [-0.4, -0.2) is 36.4 Å². The number of rotatable bonds is 9. The Morgan fingerprint density at radius 3 is 2.50 bits per heavy atom. The fraction of sp³-hybridized carbons (Fsp3) is 0.545. The van der Waals surface area contributed by atoms with Crippen molar-refractivity contribution in [3.8, 4) is 0 Å². The minimum Gasteiger partial charge on any atom is -0.454 e. The molecule has 0 fully saturated rings. The second-order valence-electron chi connectivity index (χ2n) is 3.20. The van der Waals surface area contributed by atoms with Gasteiger partial charge >= 0.3 is 5.97 Å². The summed E-state index contributed by atoms with van der Waals surface area (Å²) in [4.78, 5) is 32.4. The standard InChI is InChI=1S/C11H16O5/c1-9(11(15)16-8-7-13)10(14)5-3-2-4-6-12/h7,12H,1-6,8H2. The molecule has 0 saturated heterocycles. The van der Waals surface area contributed by atoms with Crippen molar-refractivity contribution in [2.45, 2.75) is 25.7 Å². The van der Waals surface area contributed by atoms with E-state index in [1.165, 1.54) is 0 Å². The first-order valence-electron chi connectivity index (χ1n) is 5.07. The molecule has 0 heterocycles. The topological polar surface area (TPSA) is 80.7 Å². The number of aliphatic hydroxyl groups excluding tert-OH is 1. The SMILES string of the molecule is C=C(C(=O)CCCCCO)C(=O)OCC=O. The molecule has 0 saturated carbocycles. The number of ketones is 1. The van der Waals surface area contributed by atoms with E-state index < -0.39 is 5.97 Å². The molecule has 0 atom stereocenters. The summed E-state index contributed by atoms with van der Waals surface area (Å²) in [6.45, 7) is 3.05. The molecule has 16 heavy (non-hydrogen) atoms. The highest BCUT2D eigenvalue weighted by atomic mass is 16.5. The molecule has 0 aromatic rings. The minimum absolute atomic E-state index is 0.0938. The number of aliphatic hydroxyl groups is 1. The fourth-order valence-electron chi connectivity index (χ4n) is 1.04. The summed E-state index contributed by atoms with van der Waals surface area (Å²) in [5.74, 6) is -1.23. The Hall–Kier alpha value is -1.49. The Morgan fingerprint density at radius 1 is 1.25 bits per heavy atom. The van der Waals surface area contributed by atoms with Gasteiger partial charge in [0.1, 0.15) is 6.61 Å². The summed E-state index contributed by atoms with van der Waals surface area (Å²) in [6, 6.07) is 0. The van der Waals surface area contributed by atoms with E-state index in [4.69, 9.17) is 5.11 Å². The van der Waals surface area contributed by atoms with Gasteiger partial charge in [0.15, 0.2) is 12.1 Å². The van der Waals surface area contributed by atoms with E-state index in [2.05, 4.69) is 11.3 Å². The molecular weight excluding hydrogens is 212 g/mol. The first-order chi connectivity index (χ1) is 7.63. The van der Waals surface area contributed by atoms with Crippen LogP contribution in [0.2, 0.25) is 0 Å². The van der Waals surface area contributed by atoms with E-state index in [9.17, 15) is 14.4 Å². The zero-order chi connectivity index (χ0) is 12.4. The maximum absolute atomic E-state index is 11.4. The number of carbonyl (C=O) groups is 3. The lowest BCUT2D eigenvalue weighted by Gasteiger charge is -2.03. The van der Waals surface area contributed by atoms with Crippen LogP contribution in [0.25, 0.3) is 0 Å². The number of unbranched alkanes of at least 4 members (excludes halogenated alkanes) is 2. The van der Waals surface area contributed by atoms with Gasteiger partial charge in [0, 0.05) is 13.0 Å². The number of Topliss-reactive ketones (excluding diaryl/α,β-unsaturated/α-hetero) is 1. The number of ether oxygens (including phenoxy) is 1. The highest BCUT2D eigenvalue weighted by Crippen LogP contribution is 2.06. The van der Waals surface area contributed by atoms with Crippen molar-refractivity contribution >= 4 is 18.0 Å². The fourth-order valence-corrected chi connectivity index (χ4v) is 1.04. The maximum Gasteiger partial charge on any atom is 0.341 e. The van der Waals surface area contributed by atoms with Crippen molar-refractivity contribution < 1.29 is 24.2 Å². The third-order valence-corrected chi connectivity index (χ3v) is 1.93. The Labute approximate surface area is 94.1 Å². The number of aldehydes is 1. The van der Waals surface area contributed by atoms with E-state index in [-0.39, 0.29) is 31.0 Å². The van der Waals surface area contributed by atoms with Crippen LogP contribution < -0.4 is 0 Å². The Morgan fingerprint density at radius 2 is 1.94 bits per heavy atom. The zero-order valence-electron chi connectivity index (χ0n) is 9.11. The summed E-state index contributed by atoms with van der Waals surface area (Å²) in [7, 11) is 0. The van der Waals surface area contributed by atoms with Gasteiger partial charge < -0.3 is 9.84 Å². The predicted molar refractivity (Wildman–Crippen MR) is 56.7 cm³/mol. The van der Waals surface area contributed by atoms with E-state index in [0.29, 0.717) is 19.1 Å². The largest absolute Gasteiger partial charge is 0.454 e. The van der Waals surface area contributed by atoms with Crippen LogP contribution in [0.15, 0.2) is 12.2 Å². The molecule has 1 N–H and O–H groups in total. The lowest BCUT2D eigenvalue weighted by molar-refractivity contribution is -0.142. The van der Waals surface area contributed by atoms with Crippen LogP contribution in [0, 0.1) is 0 Å². The molecule has 0 aliphatic heterocycles. The molecule has 0 aromatic heterocycles. The van der Waals surface area contributed by atoms with Crippen molar-refractivity contribution in [1.29, 1.82) is 0 Å². The van der Waals surface area contributed by atoms with Crippen LogP contribution in [0.3, 0.4) is 0 Å². The van der Waals surface area contributed by atoms with Gasteiger partial charge in [-0.3, -0.25) is 9.59 Å². The molecule has 0 aromatic carbocycles. The smallest absolute Gasteiger partial charge is 0.341 e. The van der Waals surface area contributed by atoms with Gasteiger partial charge in [0.25, 0.3) is 0 Å². The Balaban J connectivity index is 3.84. The summed E-state index contributed by atoms with van der Waals surface area (Å²) in [5.41, 5.74) is -0.231. The minimum atomic E-state index is -0.848. The lowest BCUT2D eigenvalue weighted by atomic mass is 10.1. The van der Waals surface area contributed by atoms with Crippen molar-refractivity contribution in [3.63, 3.8) is 0 Å². The number of carbonyl (C=O) groups excluding carboxylic acids is 3. The van der Waals surface area contributed by atoms with E-state index in [1.807, 2.05) is 0 Å². The summed E-state index contributed by atoms with van der Waals surface area (Å²) in [6.07, 6.45) is 2.58. The highest BCUT2D eigenvalue weighted by molar-refractivity contribution is 6.16. The van der Waals surface area contributed by atoms with E-state index in [0.717, 1.165) is 6.42 Å². The van der Waals surface area contributed by atoms with Gasteiger partial charge in [-0.05, 0) is 12.8 Å². The number of hydrogen-bond donors (Lipinski definition) is 1. The van der Waals surface area contributed by atoms with Crippen molar-refractivity contribution in [1.82, 2.24) is 0 Å². The molecular formula is C11H16O5. The Kier molecular flexibility index (Phi) is 7.97. The van der Waals surface area contributed by atoms with Crippen LogP contribution >= 0.6 is 0 Å². The Bertz CT molecular complexity index is 270. The third-order valence-electron chi connectivity index (χ3n) is 1.93. The molecule has 0 amide bonds. The normalized spacial score (nSPS) is 9.56. The molecule has 0 unspecified atom stereocenters. The van der Waals surface area contributed by atoms with Crippen LogP contribution in [0.5, 0.6) is 0 Å². The molecule has 0 rings (SSSR count). The van der Waals surface area contributed by atoms with E-state index in [1.54, 1.807) is 0 Å². The molecule has 5 nitrogen and oxygen atoms in total. The molecule has 5 heteroatoms. The summed E-state index contributed by atoms with van der Waals surface area (Å²) >= 11 is 0. The lowest BCUT2D eigenvalue weighted by Crippen LogP contribution is -2.15. The average Bonchev–Trinajstić information content (AvgIpc) is 2.30. The number of esters is 1. The quantitative estimate of drug-likeness (QED) is 0.154. The van der Waals surface area contributed by atoms with Gasteiger partial charge in [-0.1, -0.05) is 13.0 Å². The van der Waals surface area contributed by atoms with Crippen molar-refractivity contribution in [3.05, 3.63) is 12.2 Å². The molecule has 0 spiro atoms. The molecule has 0 radical (unpaired) electrons. The van der Waals surface area contributed by atoms with E-state index >= 15 is 0 Å². The van der Waals surface area contributed by atoms with Gasteiger partial charge in [0.2, 0.25) is 0 Å². The summed E-state index contributed by atoms with van der Waals surface area (Å²) in [5, 5.41) is 8.52.